The smallest absolute Gasteiger partial charge is 0.322 e. The van der Waals surface area contributed by atoms with Crippen LogP contribution < -0.4 is 21.7 Å². The summed E-state index contributed by atoms with van der Waals surface area (Å²) in [5.74, 6) is -3.31. The van der Waals surface area contributed by atoms with Gasteiger partial charge in [-0.3, -0.25) is 19.2 Å². The van der Waals surface area contributed by atoms with Crippen LogP contribution in [0.15, 0.2) is 24.3 Å². The van der Waals surface area contributed by atoms with Gasteiger partial charge in [-0.1, -0.05) is 46.2 Å². The number of hydrogen-bond donors (Lipinski definition) is 6. The minimum Gasteiger partial charge on any atom is -0.508 e. The number of aliphatic carboxylic acids is 1. The van der Waals surface area contributed by atoms with Gasteiger partial charge in [-0.15, -0.1) is 0 Å². The number of carbonyl (C=O) groups is 4. The molecule has 0 spiro atoms. The molecule has 4 unspecified atom stereocenters. The van der Waals surface area contributed by atoms with Crippen molar-refractivity contribution in [3.63, 3.8) is 0 Å². The van der Waals surface area contributed by atoms with Crippen molar-refractivity contribution in [2.45, 2.75) is 58.7 Å². The van der Waals surface area contributed by atoms with Gasteiger partial charge in [-0.05, 0) is 29.5 Å². The maximum absolute atomic E-state index is 13.1. The Labute approximate surface area is 187 Å². The van der Waals surface area contributed by atoms with E-state index >= 15 is 0 Å². The minimum atomic E-state index is -1.20. The summed E-state index contributed by atoms with van der Waals surface area (Å²) in [6, 6.07) is 3.33. The predicted molar refractivity (Wildman–Crippen MR) is 119 cm³/mol. The van der Waals surface area contributed by atoms with Crippen LogP contribution in [0.2, 0.25) is 0 Å². The molecule has 0 bridgehead atoms. The zero-order chi connectivity index (χ0) is 24.4. The Morgan fingerprint density at radius 1 is 0.969 bits per heavy atom. The molecule has 0 saturated heterocycles. The Bertz CT molecular complexity index is 796. The Balaban J connectivity index is 3.05. The number of benzene rings is 1. The predicted octanol–water partition coefficient (Wildman–Crippen LogP) is 0.135. The van der Waals surface area contributed by atoms with Crippen molar-refractivity contribution in [1.82, 2.24) is 16.0 Å². The van der Waals surface area contributed by atoms with Gasteiger partial charge in [0.1, 0.15) is 24.4 Å². The molecule has 1 aromatic rings. The van der Waals surface area contributed by atoms with Gasteiger partial charge in [0.05, 0.1) is 6.04 Å². The lowest BCUT2D eigenvalue weighted by atomic mass is 9.97. The SMILES string of the molecule is CCC(C)C(N)C(=O)NC(Cc1ccc(O)cc1)C(=O)NC(C(=O)NCC(=O)O)C(C)C. The van der Waals surface area contributed by atoms with Crippen molar-refractivity contribution in [2.24, 2.45) is 17.6 Å². The van der Waals surface area contributed by atoms with Gasteiger partial charge in [0.15, 0.2) is 0 Å². The van der Waals surface area contributed by atoms with Crippen LogP contribution in [0.4, 0.5) is 0 Å². The number of carbonyl (C=O) groups excluding carboxylic acids is 3. The average molecular weight is 451 g/mol. The fraction of sp³-hybridized carbons (Fsp3) is 0.545. The first kappa shape index (κ1) is 26.9. The number of aromatic hydroxyl groups is 1. The maximum Gasteiger partial charge on any atom is 0.322 e. The number of amides is 3. The van der Waals surface area contributed by atoms with Gasteiger partial charge in [-0.2, -0.15) is 0 Å². The molecule has 10 heteroatoms. The highest BCUT2D eigenvalue weighted by molar-refractivity contribution is 5.94. The summed E-state index contributed by atoms with van der Waals surface area (Å²) in [5.41, 5.74) is 6.68. The second-order valence-electron chi connectivity index (χ2n) is 8.18. The highest BCUT2D eigenvalue weighted by Crippen LogP contribution is 2.13. The molecule has 3 amide bonds. The van der Waals surface area contributed by atoms with E-state index in [-0.39, 0.29) is 24.0 Å². The molecule has 0 aliphatic carbocycles. The molecule has 0 aliphatic heterocycles. The first-order valence-corrected chi connectivity index (χ1v) is 10.6. The van der Waals surface area contributed by atoms with Crippen molar-refractivity contribution >= 4 is 23.7 Å². The van der Waals surface area contributed by atoms with Crippen LogP contribution in [0.5, 0.6) is 5.75 Å². The lowest BCUT2D eigenvalue weighted by Crippen LogP contribution is -2.58. The van der Waals surface area contributed by atoms with E-state index in [0.29, 0.717) is 12.0 Å². The van der Waals surface area contributed by atoms with Crippen LogP contribution in [-0.4, -0.2) is 58.6 Å². The topological polar surface area (TPSA) is 171 Å². The number of nitrogens with two attached hydrogens (primary N) is 1. The number of hydrogen-bond acceptors (Lipinski definition) is 6. The van der Waals surface area contributed by atoms with Crippen LogP contribution in [0.25, 0.3) is 0 Å². The fourth-order valence-electron chi connectivity index (χ4n) is 2.92. The van der Waals surface area contributed by atoms with Crippen molar-refractivity contribution in [3.8, 4) is 5.75 Å². The number of carboxylic acid groups (broad SMARTS) is 1. The molecule has 0 heterocycles. The Kier molecular flexibility index (Phi) is 10.6. The summed E-state index contributed by atoms with van der Waals surface area (Å²) in [7, 11) is 0. The van der Waals surface area contributed by atoms with E-state index in [1.165, 1.54) is 12.1 Å². The van der Waals surface area contributed by atoms with Crippen molar-refractivity contribution < 1.29 is 29.4 Å². The number of carboxylic acids is 1. The first-order chi connectivity index (χ1) is 15.0. The molecule has 1 aromatic carbocycles. The summed E-state index contributed by atoms with van der Waals surface area (Å²) in [6.07, 6.45) is 0.787. The molecule has 7 N–H and O–H groups in total. The number of phenolic OH excluding ortho intramolecular Hbond substituents is 1. The van der Waals surface area contributed by atoms with Crippen LogP contribution >= 0.6 is 0 Å². The molecule has 0 aromatic heterocycles. The summed E-state index contributed by atoms with van der Waals surface area (Å²) in [5, 5.41) is 25.8. The number of phenols is 1. The van der Waals surface area contributed by atoms with Crippen LogP contribution in [0, 0.1) is 11.8 Å². The number of nitrogens with one attached hydrogen (secondary N) is 3. The number of rotatable bonds is 12. The zero-order valence-corrected chi connectivity index (χ0v) is 18.9. The van der Waals surface area contributed by atoms with Crippen molar-refractivity contribution in [3.05, 3.63) is 29.8 Å². The van der Waals surface area contributed by atoms with Gasteiger partial charge < -0.3 is 31.9 Å². The normalized spacial score (nSPS) is 14.7. The Morgan fingerprint density at radius 3 is 2.06 bits per heavy atom. The lowest BCUT2D eigenvalue weighted by molar-refractivity contribution is -0.139. The van der Waals surface area contributed by atoms with E-state index in [9.17, 15) is 24.3 Å². The molecule has 32 heavy (non-hydrogen) atoms. The zero-order valence-electron chi connectivity index (χ0n) is 18.9. The monoisotopic (exact) mass is 450 g/mol. The third-order valence-corrected chi connectivity index (χ3v) is 5.23. The molecular formula is C22H34N4O6. The molecule has 0 fully saturated rings. The minimum absolute atomic E-state index is 0.0625. The Morgan fingerprint density at radius 2 is 1.56 bits per heavy atom. The second kappa shape index (κ2) is 12.7. The fourth-order valence-corrected chi connectivity index (χ4v) is 2.92. The summed E-state index contributed by atoms with van der Waals surface area (Å²) < 4.78 is 0. The van der Waals surface area contributed by atoms with E-state index in [2.05, 4.69) is 16.0 Å². The largest absolute Gasteiger partial charge is 0.508 e. The van der Waals surface area contributed by atoms with E-state index in [1.807, 2.05) is 13.8 Å². The van der Waals surface area contributed by atoms with E-state index in [0.717, 1.165) is 0 Å². The van der Waals surface area contributed by atoms with Crippen molar-refractivity contribution in [1.29, 1.82) is 0 Å². The molecule has 178 valence electrons. The molecule has 0 saturated carbocycles. The molecule has 0 radical (unpaired) electrons. The Hall–Kier alpha value is -3.14. The average Bonchev–Trinajstić information content (AvgIpc) is 2.75. The molecule has 4 atom stereocenters. The molecule has 1 rings (SSSR count). The molecule has 0 aliphatic rings. The van der Waals surface area contributed by atoms with Crippen LogP contribution in [0.1, 0.15) is 39.7 Å². The van der Waals surface area contributed by atoms with E-state index < -0.39 is 48.4 Å². The van der Waals surface area contributed by atoms with Crippen molar-refractivity contribution in [2.75, 3.05) is 6.54 Å². The summed E-state index contributed by atoms with van der Waals surface area (Å²) in [4.78, 5) is 48.8. The highest BCUT2D eigenvalue weighted by atomic mass is 16.4. The third kappa shape index (κ3) is 8.54. The van der Waals surface area contributed by atoms with Crippen LogP contribution in [0.3, 0.4) is 0 Å². The standard InChI is InChI=1S/C22H34N4O6/c1-5-13(4)18(23)21(31)25-16(10-14-6-8-15(27)9-7-14)20(30)26-19(12(2)3)22(32)24-11-17(28)29/h6-9,12-13,16,18-19,27H,5,10-11,23H2,1-4H3,(H,24,32)(H,25,31)(H,26,30)(H,28,29). The van der Waals surface area contributed by atoms with Gasteiger partial charge >= 0.3 is 5.97 Å². The quantitative estimate of drug-likeness (QED) is 0.263. The molecular weight excluding hydrogens is 416 g/mol. The van der Waals surface area contributed by atoms with E-state index in [4.69, 9.17) is 10.8 Å². The molecule has 10 nitrogen and oxygen atoms in total. The lowest BCUT2D eigenvalue weighted by Gasteiger charge is -2.27. The maximum atomic E-state index is 13.1. The second-order valence-corrected chi connectivity index (χ2v) is 8.18. The van der Waals surface area contributed by atoms with Gasteiger partial charge in [0.25, 0.3) is 0 Å². The highest BCUT2D eigenvalue weighted by Gasteiger charge is 2.30. The first-order valence-electron chi connectivity index (χ1n) is 10.6. The van der Waals surface area contributed by atoms with Crippen LogP contribution in [-0.2, 0) is 25.6 Å². The third-order valence-electron chi connectivity index (χ3n) is 5.23. The van der Waals surface area contributed by atoms with E-state index in [1.54, 1.807) is 26.0 Å². The van der Waals surface area contributed by atoms with Gasteiger partial charge in [0, 0.05) is 6.42 Å². The summed E-state index contributed by atoms with van der Waals surface area (Å²) in [6.45, 7) is 6.58. The van der Waals surface area contributed by atoms with Gasteiger partial charge in [0.2, 0.25) is 17.7 Å². The summed E-state index contributed by atoms with van der Waals surface area (Å²) >= 11 is 0. The van der Waals surface area contributed by atoms with Gasteiger partial charge in [-0.25, -0.2) is 0 Å².